The first-order chi connectivity index (χ1) is 10.1. The molecule has 0 fully saturated rings. The maximum Gasteiger partial charge on any atom is 0.0787 e. The van der Waals surface area contributed by atoms with E-state index >= 15 is 0 Å². The summed E-state index contributed by atoms with van der Waals surface area (Å²) in [5.41, 5.74) is 3.40. The minimum absolute atomic E-state index is 0.439. The molecular formula is C16H22BrN3O. The van der Waals surface area contributed by atoms with Gasteiger partial charge in [0.25, 0.3) is 0 Å². The molecular weight excluding hydrogens is 330 g/mol. The molecule has 2 rings (SSSR count). The molecule has 0 unspecified atom stereocenters. The monoisotopic (exact) mass is 351 g/mol. The molecule has 1 aromatic heterocycles. The number of ether oxygens (including phenoxy) is 1. The van der Waals surface area contributed by atoms with Gasteiger partial charge in [0.05, 0.1) is 18.0 Å². The minimum Gasteiger partial charge on any atom is -0.383 e. The van der Waals surface area contributed by atoms with Gasteiger partial charge in [0.2, 0.25) is 0 Å². The van der Waals surface area contributed by atoms with Gasteiger partial charge in [-0.1, -0.05) is 19.9 Å². The van der Waals surface area contributed by atoms with Crippen LogP contribution < -0.4 is 5.32 Å². The molecule has 0 atom stereocenters. The minimum atomic E-state index is 0.439. The molecule has 4 nitrogen and oxygen atoms in total. The maximum absolute atomic E-state index is 5.02. The second-order valence-electron chi connectivity index (χ2n) is 5.30. The number of methoxy groups -OCH3 is 1. The molecule has 0 aliphatic rings. The largest absolute Gasteiger partial charge is 0.383 e. The maximum atomic E-state index is 5.02. The lowest BCUT2D eigenvalue weighted by Crippen LogP contribution is -2.18. The van der Waals surface area contributed by atoms with Crippen LogP contribution in [0.25, 0.3) is 5.69 Å². The molecule has 0 spiro atoms. The summed E-state index contributed by atoms with van der Waals surface area (Å²) in [4.78, 5) is 0. The highest BCUT2D eigenvalue weighted by Gasteiger charge is 2.08. The van der Waals surface area contributed by atoms with Crippen LogP contribution in [0.3, 0.4) is 0 Å². The predicted molar refractivity (Wildman–Crippen MR) is 88.9 cm³/mol. The van der Waals surface area contributed by atoms with Crippen molar-refractivity contribution < 1.29 is 4.74 Å². The van der Waals surface area contributed by atoms with Gasteiger partial charge < -0.3 is 10.1 Å². The fourth-order valence-electron chi connectivity index (χ4n) is 2.03. The average molecular weight is 352 g/mol. The van der Waals surface area contributed by atoms with Gasteiger partial charge in [-0.3, -0.25) is 0 Å². The summed E-state index contributed by atoms with van der Waals surface area (Å²) in [7, 11) is 1.71. The smallest absolute Gasteiger partial charge is 0.0787 e. The third kappa shape index (κ3) is 4.40. The van der Waals surface area contributed by atoms with Gasteiger partial charge >= 0.3 is 0 Å². The van der Waals surface area contributed by atoms with Crippen molar-refractivity contribution in [3.05, 3.63) is 46.2 Å². The van der Waals surface area contributed by atoms with Crippen molar-refractivity contribution in [1.82, 2.24) is 15.1 Å². The van der Waals surface area contributed by atoms with Gasteiger partial charge in [0.1, 0.15) is 0 Å². The molecule has 21 heavy (non-hydrogen) atoms. The average Bonchev–Trinajstić information content (AvgIpc) is 2.93. The van der Waals surface area contributed by atoms with Crippen LogP contribution in [0.1, 0.15) is 31.0 Å². The van der Waals surface area contributed by atoms with E-state index in [0.29, 0.717) is 5.92 Å². The first kappa shape index (κ1) is 16.2. The third-order valence-electron chi connectivity index (χ3n) is 3.27. The van der Waals surface area contributed by atoms with Crippen molar-refractivity contribution >= 4 is 15.9 Å². The highest BCUT2D eigenvalue weighted by atomic mass is 79.9. The number of halogens is 1. The van der Waals surface area contributed by atoms with Gasteiger partial charge in [-0.2, -0.15) is 5.10 Å². The van der Waals surface area contributed by atoms with E-state index in [2.05, 4.69) is 64.5 Å². The molecule has 0 aliphatic carbocycles. The highest BCUT2D eigenvalue weighted by molar-refractivity contribution is 9.10. The van der Waals surface area contributed by atoms with Crippen LogP contribution in [-0.4, -0.2) is 30.0 Å². The SMILES string of the molecule is COCCNCc1ccc(-n2ccc(C(C)C)n2)c(Br)c1. The molecule has 2 aromatic rings. The normalized spacial score (nSPS) is 11.3. The van der Waals surface area contributed by atoms with Crippen LogP contribution in [0, 0.1) is 0 Å². The lowest BCUT2D eigenvalue weighted by Gasteiger charge is -2.09. The zero-order valence-corrected chi connectivity index (χ0v) is 14.4. The molecule has 0 bridgehead atoms. The molecule has 5 heteroatoms. The van der Waals surface area contributed by atoms with Crippen molar-refractivity contribution in [1.29, 1.82) is 0 Å². The summed E-state index contributed by atoms with van der Waals surface area (Å²) in [5.74, 6) is 0.439. The summed E-state index contributed by atoms with van der Waals surface area (Å²) in [5, 5.41) is 7.95. The lowest BCUT2D eigenvalue weighted by molar-refractivity contribution is 0.199. The van der Waals surface area contributed by atoms with E-state index in [9.17, 15) is 0 Å². The van der Waals surface area contributed by atoms with Gasteiger partial charge in [-0.15, -0.1) is 0 Å². The Hall–Kier alpha value is -1.17. The Balaban J connectivity index is 2.07. The Morgan fingerprint density at radius 3 is 2.76 bits per heavy atom. The van der Waals surface area contributed by atoms with Gasteiger partial charge in [-0.25, -0.2) is 4.68 Å². The topological polar surface area (TPSA) is 39.1 Å². The van der Waals surface area contributed by atoms with Gasteiger partial charge in [0.15, 0.2) is 0 Å². The molecule has 0 amide bonds. The van der Waals surface area contributed by atoms with Crippen LogP contribution in [-0.2, 0) is 11.3 Å². The highest BCUT2D eigenvalue weighted by Crippen LogP contribution is 2.23. The zero-order valence-electron chi connectivity index (χ0n) is 12.8. The number of benzene rings is 1. The summed E-state index contributed by atoms with van der Waals surface area (Å²) < 4.78 is 7.98. The Labute approximate surface area is 134 Å². The summed E-state index contributed by atoms with van der Waals surface area (Å²) in [6, 6.07) is 8.41. The standard InChI is InChI=1S/C16H22BrN3O/c1-12(2)15-6-8-20(19-15)16-5-4-13(10-14(16)17)11-18-7-9-21-3/h4-6,8,10,12,18H,7,9,11H2,1-3H3. The molecule has 1 heterocycles. The van der Waals surface area contributed by atoms with E-state index in [1.54, 1.807) is 7.11 Å². The summed E-state index contributed by atoms with van der Waals surface area (Å²) in [6.45, 7) is 6.71. The Morgan fingerprint density at radius 2 is 2.14 bits per heavy atom. The lowest BCUT2D eigenvalue weighted by atomic mass is 10.1. The number of rotatable bonds is 7. The third-order valence-corrected chi connectivity index (χ3v) is 3.91. The molecule has 1 aromatic carbocycles. The fraction of sp³-hybridized carbons (Fsp3) is 0.438. The predicted octanol–water partition coefficient (Wildman–Crippen LogP) is 3.49. The van der Waals surface area contributed by atoms with E-state index in [4.69, 9.17) is 4.74 Å². The van der Waals surface area contributed by atoms with Gasteiger partial charge in [-0.05, 0) is 45.6 Å². The van der Waals surface area contributed by atoms with Crippen molar-refractivity contribution in [2.24, 2.45) is 0 Å². The summed E-state index contributed by atoms with van der Waals surface area (Å²) >= 11 is 3.64. The molecule has 0 saturated carbocycles. The van der Waals surface area contributed by atoms with E-state index in [1.807, 2.05) is 10.9 Å². The molecule has 0 saturated heterocycles. The number of hydrogen-bond acceptors (Lipinski definition) is 3. The number of aromatic nitrogens is 2. The second kappa shape index (κ2) is 7.73. The van der Waals surface area contributed by atoms with Crippen LogP contribution in [0.2, 0.25) is 0 Å². The number of hydrogen-bond donors (Lipinski definition) is 1. The fourth-order valence-corrected chi connectivity index (χ4v) is 2.64. The first-order valence-electron chi connectivity index (χ1n) is 7.16. The van der Waals surface area contributed by atoms with Crippen molar-refractivity contribution in [2.45, 2.75) is 26.3 Å². The van der Waals surface area contributed by atoms with Crippen LogP contribution in [0.15, 0.2) is 34.9 Å². The Kier molecular flexibility index (Phi) is 5.96. The first-order valence-corrected chi connectivity index (χ1v) is 7.95. The van der Waals surface area contributed by atoms with Crippen LogP contribution >= 0.6 is 15.9 Å². The molecule has 114 valence electrons. The molecule has 0 radical (unpaired) electrons. The van der Waals surface area contributed by atoms with E-state index in [1.165, 1.54) is 5.56 Å². The Morgan fingerprint density at radius 1 is 1.33 bits per heavy atom. The number of nitrogens with one attached hydrogen (secondary N) is 1. The van der Waals surface area contributed by atoms with E-state index in [0.717, 1.165) is 35.6 Å². The number of nitrogens with zero attached hydrogens (tertiary/aromatic N) is 2. The quantitative estimate of drug-likeness (QED) is 0.776. The zero-order chi connectivity index (χ0) is 15.2. The van der Waals surface area contributed by atoms with E-state index < -0.39 is 0 Å². The van der Waals surface area contributed by atoms with E-state index in [-0.39, 0.29) is 0 Å². The van der Waals surface area contributed by atoms with Crippen LogP contribution in [0.5, 0.6) is 0 Å². The Bertz CT molecular complexity index is 581. The van der Waals surface area contributed by atoms with Crippen LogP contribution in [0.4, 0.5) is 0 Å². The molecule has 1 N–H and O–H groups in total. The second-order valence-corrected chi connectivity index (χ2v) is 6.15. The van der Waals surface area contributed by atoms with Crippen molar-refractivity contribution in [3.63, 3.8) is 0 Å². The van der Waals surface area contributed by atoms with Crippen molar-refractivity contribution in [3.8, 4) is 5.69 Å². The van der Waals surface area contributed by atoms with Crippen molar-refractivity contribution in [2.75, 3.05) is 20.3 Å². The summed E-state index contributed by atoms with van der Waals surface area (Å²) in [6.07, 6.45) is 2.01. The molecule has 0 aliphatic heterocycles. The van der Waals surface area contributed by atoms with Gasteiger partial charge in [0, 0.05) is 30.9 Å².